The number of hydrogen-bond acceptors (Lipinski definition) is 6. The van der Waals surface area contributed by atoms with E-state index in [2.05, 4.69) is 22.0 Å². The fourth-order valence-corrected chi connectivity index (χ4v) is 6.63. The van der Waals surface area contributed by atoms with Gasteiger partial charge in [0.1, 0.15) is 17.2 Å². The van der Waals surface area contributed by atoms with Gasteiger partial charge in [-0.15, -0.1) is 0 Å². The van der Waals surface area contributed by atoms with Gasteiger partial charge in [-0.25, -0.2) is 4.79 Å². The van der Waals surface area contributed by atoms with Crippen molar-refractivity contribution in [1.29, 1.82) is 0 Å². The first-order valence-corrected chi connectivity index (χ1v) is 14.9. The molecule has 41 heavy (non-hydrogen) atoms. The van der Waals surface area contributed by atoms with E-state index in [-0.39, 0.29) is 22.7 Å². The molecule has 4 fully saturated rings. The summed E-state index contributed by atoms with van der Waals surface area (Å²) < 4.78 is 18.3. The molecule has 7 nitrogen and oxygen atoms in total. The predicted molar refractivity (Wildman–Crippen MR) is 155 cm³/mol. The zero-order valence-electron chi connectivity index (χ0n) is 23.1. The number of carbonyl (C=O) groups is 1. The monoisotopic (exact) mass is 594 g/mol. The van der Waals surface area contributed by atoms with E-state index in [1.54, 1.807) is 24.5 Å². The van der Waals surface area contributed by atoms with Gasteiger partial charge in [0.15, 0.2) is 0 Å². The molecular weight excluding hydrogens is 563 g/mol. The van der Waals surface area contributed by atoms with E-state index in [1.165, 1.54) is 0 Å². The second-order valence-corrected chi connectivity index (χ2v) is 12.7. The van der Waals surface area contributed by atoms with Crippen LogP contribution in [0.15, 0.2) is 35.1 Å². The first kappa shape index (κ1) is 28.1. The molecule has 0 spiro atoms. The van der Waals surface area contributed by atoms with Crippen molar-refractivity contribution in [2.24, 2.45) is 5.41 Å². The number of carboxylic acids is 1. The molecule has 0 amide bonds. The Morgan fingerprint density at radius 1 is 1.10 bits per heavy atom. The van der Waals surface area contributed by atoms with Crippen LogP contribution in [0.5, 0.6) is 5.75 Å². The molecule has 0 aliphatic heterocycles. The third-order valence-corrected chi connectivity index (χ3v) is 9.13. The number of aromatic carboxylic acids is 1. The average Bonchev–Trinajstić information content (AvgIpc) is 3.71. The molecule has 2 bridgehead atoms. The maximum Gasteiger partial charge on any atom is 0.335 e. The van der Waals surface area contributed by atoms with E-state index in [4.69, 9.17) is 37.2 Å². The maximum atomic E-state index is 11.7. The minimum Gasteiger partial charge on any atom is -0.491 e. The van der Waals surface area contributed by atoms with Crippen LogP contribution in [0.25, 0.3) is 11.3 Å². The van der Waals surface area contributed by atoms with Gasteiger partial charge in [-0.2, -0.15) is 0 Å². The van der Waals surface area contributed by atoms with E-state index >= 15 is 0 Å². The number of benzene rings is 1. The van der Waals surface area contributed by atoms with Crippen molar-refractivity contribution in [1.82, 2.24) is 10.1 Å². The number of carboxylic acid groups (broad SMARTS) is 1. The molecule has 1 N–H and O–H groups in total. The fourth-order valence-electron chi connectivity index (χ4n) is 6.08. The summed E-state index contributed by atoms with van der Waals surface area (Å²) in [6, 6.07) is 4.99. The second-order valence-electron chi connectivity index (χ2n) is 11.8. The molecule has 214 valence electrons. The van der Waals surface area contributed by atoms with Gasteiger partial charge < -0.3 is 19.1 Å². The highest BCUT2D eigenvalue weighted by Gasteiger charge is 2.49. The summed E-state index contributed by atoms with van der Waals surface area (Å²) in [5.41, 5.74) is 2.72. The van der Waals surface area contributed by atoms with Gasteiger partial charge in [-0.1, -0.05) is 40.2 Å². The minimum atomic E-state index is -0.994. The highest BCUT2D eigenvalue weighted by atomic mass is 35.5. The molecule has 4 aliphatic rings. The SMILES string of the molecule is CC(C)Oc1cc(C#CC23CCC(OCc4c(-c5c(Cl)cncc5Cl)noc4C4CC4)(CC2)CC3)cc(C(=O)O)c1. The number of ether oxygens (including phenoxy) is 2. The number of nitrogens with zero attached hydrogens (tertiary/aromatic N) is 2. The molecule has 0 atom stereocenters. The van der Waals surface area contributed by atoms with Crippen molar-refractivity contribution in [2.75, 3.05) is 0 Å². The Kier molecular flexibility index (Phi) is 7.52. The Morgan fingerprint density at radius 2 is 1.78 bits per heavy atom. The first-order valence-electron chi connectivity index (χ1n) is 14.2. The lowest BCUT2D eigenvalue weighted by molar-refractivity contribution is -0.131. The van der Waals surface area contributed by atoms with E-state index in [9.17, 15) is 9.90 Å². The van der Waals surface area contributed by atoms with E-state index in [0.717, 1.165) is 62.7 Å². The molecule has 4 saturated carbocycles. The number of halogens is 2. The molecule has 0 radical (unpaired) electrons. The van der Waals surface area contributed by atoms with Crippen LogP contribution in [0.2, 0.25) is 10.0 Å². The third kappa shape index (κ3) is 5.83. The molecule has 7 rings (SSSR count). The summed E-state index contributed by atoms with van der Waals surface area (Å²) >= 11 is 13.0. The maximum absolute atomic E-state index is 11.7. The molecule has 2 aromatic heterocycles. The molecule has 4 aliphatic carbocycles. The molecule has 2 heterocycles. The predicted octanol–water partition coefficient (Wildman–Crippen LogP) is 8.07. The quantitative estimate of drug-likeness (QED) is 0.263. The van der Waals surface area contributed by atoms with Gasteiger partial charge in [0.2, 0.25) is 0 Å². The van der Waals surface area contributed by atoms with E-state index in [0.29, 0.717) is 45.1 Å². The molecule has 0 saturated heterocycles. The van der Waals surface area contributed by atoms with Crippen molar-refractivity contribution in [3.63, 3.8) is 0 Å². The number of pyridine rings is 1. The van der Waals surface area contributed by atoms with Crippen molar-refractivity contribution >= 4 is 29.2 Å². The standard InChI is InChI=1S/C32H32Cl2N2O5/c1-19(2)40-23-14-20(13-22(15-23)30(37)38)5-6-31-7-10-32(11-8-31,12-9-31)39-18-24-28(36-41-29(24)21-3-4-21)27-25(33)16-35-17-26(27)34/h13-17,19,21H,3-4,7-12,18H2,1-2H3,(H,37,38). The van der Waals surface area contributed by atoms with Crippen LogP contribution in [0.1, 0.15) is 98.4 Å². The molecule has 3 aromatic rings. The first-order chi connectivity index (χ1) is 19.7. The lowest BCUT2D eigenvalue weighted by Crippen LogP contribution is -2.47. The Bertz CT molecular complexity index is 1500. The van der Waals surface area contributed by atoms with Gasteiger partial charge in [0.25, 0.3) is 0 Å². The summed E-state index contributed by atoms with van der Waals surface area (Å²) in [5, 5.41) is 14.8. The minimum absolute atomic E-state index is 0.0591. The summed E-state index contributed by atoms with van der Waals surface area (Å²) in [6.07, 6.45) is 10.8. The lowest BCUT2D eigenvalue weighted by Gasteiger charge is -2.51. The summed E-state index contributed by atoms with van der Waals surface area (Å²) in [6.45, 7) is 4.21. The van der Waals surface area contributed by atoms with Crippen molar-refractivity contribution in [3.8, 4) is 28.8 Å². The van der Waals surface area contributed by atoms with Crippen molar-refractivity contribution in [3.05, 3.63) is 63.1 Å². The normalized spacial score (nSPS) is 23.3. The van der Waals surface area contributed by atoms with Gasteiger partial charge in [-0.05, 0) is 83.4 Å². The third-order valence-electron chi connectivity index (χ3n) is 8.55. The van der Waals surface area contributed by atoms with Gasteiger partial charge in [-0.3, -0.25) is 4.98 Å². The molecule has 1 aromatic carbocycles. The highest BCUT2D eigenvalue weighted by Crippen LogP contribution is 2.54. The number of aromatic nitrogens is 2. The Morgan fingerprint density at radius 3 is 2.39 bits per heavy atom. The van der Waals surface area contributed by atoms with Crippen LogP contribution in [0.4, 0.5) is 0 Å². The Balaban J connectivity index is 1.18. The van der Waals surface area contributed by atoms with Gasteiger partial charge in [0.05, 0.1) is 33.9 Å². The van der Waals surface area contributed by atoms with Gasteiger partial charge in [0, 0.05) is 40.4 Å². The molecular formula is C32H32Cl2N2O5. The zero-order valence-corrected chi connectivity index (χ0v) is 24.6. The fraction of sp³-hybridized carbons (Fsp3) is 0.469. The van der Waals surface area contributed by atoms with Crippen LogP contribution < -0.4 is 4.74 Å². The van der Waals surface area contributed by atoms with E-state index in [1.807, 2.05) is 19.9 Å². The van der Waals surface area contributed by atoms with Crippen LogP contribution >= 0.6 is 23.2 Å². The number of rotatable bonds is 8. The highest BCUT2D eigenvalue weighted by molar-refractivity contribution is 6.38. The van der Waals surface area contributed by atoms with Crippen LogP contribution in [-0.2, 0) is 11.3 Å². The van der Waals surface area contributed by atoms with E-state index < -0.39 is 5.97 Å². The Labute approximate surface area is 249 Å². The summed E-state index contributed by atoms with van der Waals surface area (Å²) in [5.74, 6) is 7.58. The van der Waals surface area contributed by atoms with Crippen LogP contribution in [0, 0.1) is 17.3 Å². The number of hydrogen-bond donors (Lipinski definition) is 1. The summed E-state index contributed by atoms with van der Waals surface area (Å²) in [4.78, 5) is 15.7. The van der Waals surface area contributed by atoms with Crippen molar-refractivity contribution < 1.29 is 23.9 Å². The average molecular weight is 596 g/mol. The van der Waals surface area contributed by atoms with Crippen LogP contribution in [0.3, 0.4) is 0 Å². The Hall–Kier alpha value is -3.05. The zero-order chi connectivity index (χ0) is 28.8. The summed E-state index contributed by atoms with van der Waals surface area (Å²) in [7, 11) is 0. The smallest absolute Gasteiger partial charge is 0.335 e. The number of fused-ring (bicyclic) bond motifs is 3. The van der Waals surface area contributed by atoms with Crippen LogP contribution in [-0.4, -0.2) is 32.9 Å². The molecule has 9 heteroatoms. The lowest BCUT2D eigenvalue weighted by atomic mass is 9.59. The topological polar surface area (TPSA) is 94.7 Å². The molecule has 0 unspecified atom stereocenters. The van der Waals surface area contributed by atoms with Crippen molar-refractivity contribution in [2.45, 2.75) is 89.4 Å². The van der Waals surface area contributed by atoms with Gasteiger partial charge >= 0.3 is 5.97 Å². The second kappa shape index (κ2) is 11.0. The largest absolute Gasteiger partial charge is 0.491 e.